The quantitative estimate of drug-likeness (QED) is 0.680. The first kappa shape index (κ1) is 18.7. The highest BCUT2D eigenvalue weighted by molar-refractivity contribution is 6.30. The summed E-state index contributed by atoms with van der Waals surface area (Å²) < 4.78 is 6.99. The smallest absolute Gasteiger partial charge is 0.265 e. The summed E-state index contributed by atoms with van der Waals surface area (Å²) in [6.07, 6.45) is 1.64. The number of aromatic nitrogens is 2. The molecule has 0 spiro atoms. The van der Waals surface area contributed by atoms with E-state index in [2.05, 4.69) is 4.98 Å². The molecule has 3 aromatic rings. The minimum absolute atomic E-state index is 0.119. The van der Waals surface area contributed by atoms with E-state index in [1.165, 1.54) is 4.57 Å². The van der Waals surface area contributed by atoms with Crippen LogP contribution in [0.15, 0.2) is 53.5 Å². The molecule has 0 unspecified atom stereocenters. The third-order valence-corrected chi connectivity index (χ3v) is 5.24. The Bertz CT molecular complexity index is 1110. The van der Waals surface area contributed by atoms with Crippen molar-refractivity contribution in [2.75, 3.05) is 13.3 Å². The van der Waals surface area contributed by atoms with Crippen molar-refractivity contribution in [2.24, 2.45) is 0 Å². The highest BCUT2D eigenvalue weighted by Crippen LogP contribution is 2.24. The minimum atomic E-state index is -0.464. The van der Waals surface area contributed by atoms with E-state index in [1.54, 1.807) is 35.4 Å². The van der Waals surface area contributed by atoms with Crippen LogP contribution in [0.4, 0.5) is 0 Å². The normalized spacial score (nSPS) is 15.9. The fraction of sp³-hybridized carbons (Fsp3) is 0.286. The Labute approximate surface area is 167 Å². The molecule has 1 aliphatic rings. The Morgan fingerprint density at radius 3 is 2.68 bits per heavy atom. The van der Waals surface area contributed by atoms with Crippen LogP contribution in [0.1, 0.15) is 29.8 Å². The molecule has 1 aromatic carbocycles. The lowest BCUT2D eigenvalue weighted by molar-refractivity contribution is 0.0603. The monoisotopic (exact) mass is 397 g/mol. The molecule has 144 valence electrons. The van der Waals surface area contributed by atoms with Gasteiger partial charge in [-0.15, -0.1) is 0 Å². The fourth-order valence-electron chi connectivity index (χ4n) is 3.40. The molecule has 0 atom stereocenters. The maximum atomic E-state index is 13.3. The Morgan fingerprint density at radius 1 is 1.25 bits per heavy atom. The van der Waals surface area contributed by atoms with Gasteiger partial charge in [0.15, 0.2) is 0 Å². The molecule has 4 rings (SSSR count). The van der Waals surface area contributed by atoms with Crippen LogP contribution in [-0.4, -0.2) is 39.2 Å². The number of fused-ring (bicyclic) bond motifs is 1. The Hall–Kier alpha value is -2.70. The molecule has 0 N–H and O–H groups in total. The van der Waals surface area contributed by atoms with E-state index in [4.69, 9.17) is 16.3 Å². The molecule has 7 heteroatoms. The molecule has 0 saturated carbocycles. The predicted molar refractivity (Wildman–Crippen MR) is 108 cm³/mol. The van der Waals surface area contributed by atoms with E-state index in [-0.39, 0.29) is 23.8 Å². The number of carbonyl (C=O) groups excluding carboxylic acids is 1. The lowest BCUT2D eigenvalue weighted by Gasteiger charge is -2.29. The highest BCUT2D eigenvalue weighted by atomic mass is 35.5. The second-order valence-corrected chi connectivity index (χ2v) is 7.95. The van der Waals surface area contributed by atoms with Gasteiger partial charge in [-0.3, -0.25) is 14.2 Å². The van der Waals surface area contributed by atoms with Crippen molar-refractivity contribution in [3.8, 4) is 0 Å². The van der Waals surface area contributed by atoms with Crippen LogP contribution in [0.25, 0.3) is 11.0 Å². The average molecular weight is 398 g/mol. The summed E-state index contributed by atoms with van der Waals surface area (Å²) in [6.45, 7) is 4.75. The lowest BCUT2D eigenvalue weighted by Crippen LogP contribution is -2.46. The molecule has 1 aliphatic heterocycles. The van der Waals surface area contributed by atoms with Crippen molar-refractivity contribution >= 4 is 28.5 Å². The van der Waals surface area contributed by atoms with E-state index in [9.17, 15) is 9.59 Å². The van der Waals surface area contributed by atoms with Crippen LogP contribution < -0.4 is 5.56 Å². The number of ether oxygens (including phenoxy) is 1. The first-order chi connectivity index (χ1) is 13.4. The maximum absolute atomic E-state index is 13.3. The number of halogens is 1. The van der Waals surface area contributed by atoms with Gasteiger partial charge in [-0.1, -0.05) is 23.7 Å². The van der Waals surface area contributed by atoms with E-state index in [0.29, 0.717) is 23.8 Å². The summed E-state index contributed by atoms with van der Waals surface area (Å²) in [4.78, 5) is 32.4. The van der Waals surface area contributed by atoms with Crippen molar-refractivity contribution in [1.82, 2.24) is 14.5 Å². The number of amides is 1. The summed E-state index contributed by atoms with van der Waals surface area (Å²) in [5, 5.41) is 1.36. The zero-order valence-electron chi connectivity index (χ0n) is 15.7. The highest BCUT2D eigenvalue weighted by Gasteiger charge is 2.38. The molecular formula is C21H20ClN3O3. The summed E-state index contributed by atoms with van der Waals surface area (Å²) in [5.41, 5.74) is 0.722. The Balaban J connectivity index is 1.84. The SMILES string of the molecule is CC1(C)COCN1C(=O)c1cc2cccnc2n(Cc2ccc(Cl)cc2)c1=O. The number of nitrogens with zero attached hydrogens (tertiary/aromatic N) is 3. The number of rotatable bonds is 3. The molecule has 28 heavy (non-hydrogen) atoms. The van der Waals surface area contributed by atoms with Crippen LogP contribution >= 0.6 is 11.6 Å². The van der Waals surface area contributed by atoms with Gasteiger partial charge in [0.2, 0.25) is 0 Å². The summed E-state index contributed by atoms with van der Waals surface area (Å²) in [7, 11) is 0. The van der Waals surface area contributed by atoms with Gasteiger partial charge in [0.1, 0.15) is 17.9 Å². The van der Waals surface area contributed by atoms with Crippen LogP contribution in [0, 0.1) is 0 Å². The molecule has 1 amide bonds. The van der Waals surface area contributed by atoms with Crippen LogP contribution in [0.5, 0.6) is 0 Å². The van der Waals surface area contributed by atoms with Gasteiger partial charge in [-0.05, 0) is 49.7 Å². The number of hydrogen-bond acceptors (Lipinski definition) is 4. The zero-order valence-corrected chi connectivity index (χ0v) is 16.4. The van der Waals surface area contributed by atoms with Gasteiger partial charge in [0, 0.05) is 16.6 Å². The summed E-state index contributed by atoms with van der Waals surface area (Å²) in [5.74, 6) is -0.330. The van der Waals surface area contributed by atoms with Crippen molar-refractivity contribution in [2.45, 2.75) is 25.9 Å². The molecule has 2 aromatic heterocycles. The number of pyridine rings is 2. The Kier molecular flexibility index (Phi) is 4.69. The third-order valence-electron chi connectivity index (χ3n) is 4.98. The van der Waals surface area contributed by atoms with Crippen molar-refractivity contribution in [1.29, 1.82) is 0 Å². The zero-order chi connectivity index (χ0) is 19.9. The minimum Gasteiger partial charge on any atom is -0.359 e. The standard InChI is InChI=1S/C21H20ClN3O3/c1-21(2)12-28-13-25(21)20(27)17-10-15-4-3-9-23-18(15)24(19(17)26)11-14-5-7-16(22)8-6-14/h3-10H,11-13H2,1-2H3. The average Bonchev–Trinajstić information content (AvgIpc) is 3.04. The summed E-state index contributed by atoms with van der Waals surface area (Å²) >= 11 is 5.96. The van der Waals surface area contributed by atoms with Gasteiger partial charge in [-0.25, -0.2) is 4.98 Å². The fourth-order valence-corrected chi connectivity index (χ4v) is 3.52. The second-order valence-electron chi connectivity index (χ2n) is 7.52. The molecule has 0 aliphatic carbocycles. The molecule has 1 fully saturated rings. The van der Waals surface area contributed by atoms with Gasteiger partial charge in [-0.2, -0.15) is 0 Å². The Morgan fingerprint density at radius 2 is 2.00 bits per heavy atom. The number of carbonyl (C=O) groups is 1. The molecule has 6 nitrogen and oxygen atoms in total. The molecular weight excluding hydrogens is 378 g/mol. The first-order valence-electron chi connectivity index (χ1n) is 8.99. The number of hydrogen-bond donors (Lipinski definition) is 0. The molecule has 1 saturated heterocycles. The molecule has 3 heterocycles. The first-order valence-corrected chi connectivity index (χ1v) is 9.37. The van der Waals surface area contributed by atoms with Crippen LogP contribution in [0.3, 0.4) is 0 Å². The maximum Gasteiger partial charge on any atom is 0.265 e. The molecule has 0 bridgehead atoms. The van der Waals surface area contributed by atoms with E-state index in [1.807, 2.05) is 32.0 Å². The van der Waals surface area contributed by atoms with E-state index < -0.39 is 5.54 Å². The summed E-state index contributed by atoms with van der Waals surface area (Å²) in [6, 6.07) is 12.5. The van der Waals surface area contributed by atoms with Gasteiger partial charge >= 0.3 is 0 Å². The van der Waals surface area contributed by atoms with E-state index in [0.717, 1.165) is 10.9 Å². The molecule has 0 radical (unpaired) electrons. The second kappa shape index (κ2) is 7.04. The third kappa shape index (κ3) is 3.30. The predicted octanol–water partition coefficient (Wildman–Crippen LogP) is 3.31. The van der Waals surface area contributed by atoms with Gasteiger partial charge in [0.05, 0.1) is 18.7 Å². The van der Waals surface area contributed by atoms with Crippen LogP contribution in [-0.2, 0) is 11.3 Å². The van der Waals surface area contributed by atoms with Crippen molar-refractivity contribution in [3.05, 3.63) is 75.2 Å². The van der Waals surface area contributed by atoms with Gasteiger partial charge in [0.25, 0.3) is 11.5 Å². The number of benzene rings is 1. The van der Waals surface area contributed by atoms with Gasteiger partial charge < -0.3 is 9.64 Å². The van der Waals surface area contributed by atoms with Crippen LogP contribution in [0.2, 0.25) is 5.02 Å². The lowest BCUT2D eigenvalue weighted by atomic mass is 10.0. The topological polar surface area (TPSA) is 64.4 Å². The largest absolute Gasteiger partial charge is 0.359 e. The van der Waals surface area contributed by atoms with Crippen molar-refractivity contribution in [3.63, 3.8) is 0 Å². The van der Waals surface area contributed by atoms with Crippen molar-refractivity contribution < 1.29 is 9.53 Å². The van der Waals surface area contributed by atoms with E-state index >= 15 is 0 Å².